The number of carbonyl (C=O) groups excluding carboxylic acids is 1. The van der Waals surface area contributed by atoms with E-state index in [0.29, 0.717) is 43.0 Å². The first-order valence-electron chi connectivity index (χ1n) is 9.64. The Balaban J connectivity index is 2.01. The zero-order valence-corrected chi connectivity index (χ0v) is 16.3. The molecule has 0 unspecified atom stereocenters. The van der Waals surface area contributed by atoms with E-state index >= 15 is 4.39 Å². The third-order valence-corrected chi connectivity index (χ3v) is 5.02. The van der Waals surface area contributed by atoms with Crippen molar-refractivity contribution in [2.24, 2.45) is 0 Å². The van der Waals surface area contributed by atoms with Gasteiger partial charge in [0.2, 0.25) is 5.43 Å². The van der Waals surface area contributed by atoms with Gasteiger partial charge < -0.3 is 19.9 Å². The van der Waals surface area contributed by atoms with Crippen LogP contribution in [-0.4, -0.2) is 48.7 Å². The number of aromatic amines is 1. The molecule has 156 valence electrons. The van der Waals surface area contributed by atoms with Crippen LogP contribution in [0.4, 0.5) is 14.5 Å². The van der Waals surface area contributed by atoms with Crippen molar-refractivity contribution in [3.63, 3.8) is 0 Å². The Labute approximate surface area is 170 Å². The normalized spacial score (nSPS) is 14.2. The molecule has 1 saturated heterocycles. The maximum atomic E-state index is 15.4. The van der Waals surface area contributed by atoms with E-state index in [2.05, 4.69) is 15.3 Å². The molecule has 3 heterocycles. The second kappa shape index (κ2) is 8.19. The number of piperazine rings is 1. The number of aromatic nitrogens is 2. The summed E-state index contributed by atoms with van der Waals surface area (Å²) in [6.45, 7) is 4.20. The average Bonchev–Trinajstić information content (AvgIpc) is 2.75. The number of halogens is 2. The van der Waals surface area contributed by atoms with Crippen LogP contribution < -0.4 is 15.6 Å². The lowest BCUT2D eigenvalue weighted by molar-refractivity contribution is 0.0524. The molecule has 0 spiro atoms. The molecule has 4 rings (SSSR count). The molecule has 0 radical (unpaired) electrons. The van der Waals surface area contributed by atoms with E-state index in [1.807, 2.05) is 4.90 Å². The van der Waals surface area contributed by atoms with E-state index in [9.17, 15) is 14.0 Å². The predicted molar refractivity (Wildman–Crippen MR) is 109 cm³/mol. The molecule has 0 aliphatic carbocycles. The number of nitrogens with one attached hydrogen (secondary N) is 2. The smallest absolute Gasteiger partial charge is 0.343 e. The maximum Gasteiger partial charge on any atom is 0.343 e. The van der Waals surface area contributed by atoms with E-state index in [0.717, 1.165) is 12.3 Å². The molecule has 0 saturated carbocycles. The van der Waals surface area contributed by atoms with Gasteiger partial charge in [-0.3, -0.25) is 9.78 Å². The van der Waals surface area contributed by atoms with Crippen LogP contribution in [0.25, 0.3) is 22.2 Å². The highest BCUT2D eigenvalue weighted by molar-refractivity contribution is 6.02. The molecule has 7 nitrogen and oxygen atoms in total. The van der Waals surface area contributed by atoms with Crippen LogP contribution in [0, 0.1) is 11.6 Å². The van der Waals surface area contributed by atoms with Crippen molar-refractivity contribution in [2.45, 2.75) is 6.92 Å². The van der Waals surface area contributed by atoms with E-state index < -0.39 is 23.0 Å². The van der Waals surface area contributed by atoms with Gasteiger partial charge in [0.15, 0.2) is 0 Å². The van der Waals surface area contributed by atoms with Gasteiger partial charge in [-0.05, 0) is 25.1 Å². The highest BCUT2D eigenvalue weighted by atomic mass is 19.1. The molecule has 30 heavy (non-hydrogen) atoms. The number of benzene rings is 1. The van der Waals surface area contributed by atoms with Crippen molar-refractivity contribution in [3.8, 4) is 11.3 Å². The maximum absolute atomic E-state index is 15.4. The minimum absolute atomic E-state index is 0.00179. The standard InChI is InChI=1S/C21H20F2N4O3/c1-2-30-21(29)14-11-26-18-13(20(14)28)9-15(23)19(27-7-5-24-6-8-27)17(18)16-4-3-12(22)10-25-16/h3-4,9-11,24H,2,5-8H2,1H3,(H,26,28). The summed E-state index contributed by atoms with van der Waals surface area (Å²) in [6, 6.07) is 3.79. The molecule has 1 aliphatic heterocycles. The molecule has 1 fully saturated rings. The van der Waals surface area contributed by atoms with Gasteiger partial charge >= 0.3 is 5.97 Å². The van der Waals surface area contributed by atoms with Crippen molar-refractivity contribution in [1.82, 2.24) is 15.3 Å². The molecule has 0 atom stereocenters. The number of ether oxygens (including phenoxy) is 1. The summed E-state index contributed by atoms with van der Waals surface area (Å²) in [6.07, 6.45) is 2.30. The minimum Gasteiger partial charge on any atom is -0.462 e. The summed E-state index contributed by atoms with van der Waals surface area (Å²) in [5.74, 6) is -1.92. The van der Waals surface area contributed by atoms with E-state index in [1.54, 1.807) is 6.92 Å². The number of nitrogens with zero attached hydrogens (tertiary/aromatic N) is 2. The average molecular weight is 414 g/mol. The van der Waals surface area contributed by atoms with Crippen molar-refractivity contribution in [1.29, 1.82) is 0 Å². The van der Waals surface area contributed by atoms with Gasteiger partial charge in [0.25, 0.3) is 0 Å². The monoisotopic (exact) mass is 414 g/mol. The number of esters is 1. The predicted octanol–water partition coefficient (Wildman–Crippen LogP) is 2.45. The first-order chi connectivity index (χ1) is 14.5. The Morgan fingerprint density at radius 1 is 1.27 bits per heavy atom. The lowest BCUT2D eigenvalue weighted by Crippen LogP contribution is -2.44. The number of rotatable bonds is 4. The summed E-state index contributed by atoms with van der Waals surface area (Å²) < 4.78 is 33.7. The number of hydrogen-bond acceptors (Lipinski definition) is 6. The first kappa shape index (κ1) is 20.0. The van der Waals surface area contributed by atoms with Crippen LogP contribution in [0.5, 0.6) is 0 Å². The summed E-state index contributed by atoms with van der Waals surface area (Å²) >= 11 is 0. The van der Waals surface area contributed by atoms with Crippen LogP contribution in [-0.2, 0) is 4.74 Å². The SMILES string of the molecule is CCOC(=O)c1c[nH]c2c(-c3ccc(F)cn3)c(N3CCNCC3)c(F)cc2c1=O. The van der Waals surface area contributed by atoms with Crippen molar-refractivity contribution < 1.29 is 18.3 Å². The number of H-pyrrole nitrogens is 1. The number of pyridine rings is 2. The van der Waals surface area contributed by atoms with Crippen molar-refractivity contribution >= 4 is 22.6 Å². The summed E-state index contributed by atoms with van der Waals surface area (Å²) in [5, 5.41) is 3.21. The Morgan fingerprint density at radius 3 is 2.70 bits per heavy atom. The third kappa shape index (κ3) is 3.52. The molecule has 1 aliphatic rings. The first-order valence-corrected chi connectivity index (χ1v) is 9.64. The molecular formula is C21H20F2N4O3. The topological polar surface area (TPSA) is 87.3 Å². The van der Waals surface area contributed by atoms with E-state index in [4.69, 9.17) is 4.74 Å². The van der Waals surface area contributed by atoms with Crippen LogP contribution >= 0.6 is 0 Å². The Kier molecular flexibility index (Phi) is 5.45. The molecule has 3 aromatic rings. The molecule has 2 aromatic heterocycles. The van der Waals surface area contributed by atoms with Gasteiger partial charge in [0.1, 0.15) is 17.2 Å². The van der Waals surface area contributed by atoms with Crippen LogP contribution in [0.2, 0.25) is 0 Å². The van der Waals surface area contributed by atoms with Crippen LogP contribution in [0.15, 0.2) is 35.4 Å². The van der Waals surface area contributed by atoms with E-state index in [-0.39, 0.29) is 23.2 Å². The fraction of sp³-hybridized carbons (Fsp3) is 0.286. The van der Waals surface area contributed by atoms with Gasteiger partial charge in [0, 0.05) is 32.4 Å². The summed E-state index contributed by atoms with van der Waals surface area (Å²) in [7, 11) is 0. The van der Waals surface area contributed by atoms with Crippen molar-refractivity contribution in [2.75, 3.05) is 37.7 Å². The quantitative estimate of drug-likeness (QED) is 0.638. The number of fused-ring (bicyclic) bond motifs is 1. The Morgan fingerprint density at radius 2 is 2.03 bits per heavy atom. The number of carbonyl (C=O) groups is 1. The second-order valence-electron chi connectivity index (χ2n) is 6.86. The molecule has 0 amide bonds. The molecule has 0 bridgehead atoms. The third-order valence-electron chi connectivity index (χ3n) is 5.02. The Bertz CT molecular complexity index is 1160. The fourth-order valence-electron chi connectivity index (χ4n) is 3.65. The summed E-state index contributed by atoms with van der Waals surface area (Å²) in [5.41, 5.74) is 0.408. The highest BCUT2D eigenvalue weighted by Crippen LogP contribution is 2.37. The summed E-state index contributed by atoms with van der Waals surface area (Å²) in [4.78, 5) is 33.9. The number of hydrogen-bond donors (Lipinski definition) is 2. The molecular weight excluding hydrogens is 394 g/mol. The van der Waals surface area contributed by atoms with Crippen LogP contribution in [0.3, 0.4) is 0 Å². The van der Waals surface area contributed by atoms with Gasteiger partial charge in [-0.25, -0.2) is 13.6 Å². The van der Waals surface area contributed by atoms with Crippen molar-refractivity contribution in [3.05, 3.63) is 58.0 Å². The fourth-order valence-corrected chi connectivity index (χ4v) is 3.65. The van der Waals surface area contributed by atoms with Gasteiger partial charge in [0.05, 0.1) is 40.7 Å². The molecule has 1 aromatic carbocycles. The molecule has 9 heteroatoms. The highest BCUT2D eigenvalue weighted by Gasteiger charge is 2.25. The number of anilines is 1. The largest absolute Gasteiger partial charge is 0.462 e. The molecule has 2 N–H and O–H groups in total. The van der Waals surface area contributed by atoms with Gasteiger partial charge in [-0.1, -0.05) is 0 Å². The zero-order valence-electron chi connectivity index (χ0n) is 16.3. The van der Waals surface area contributed by atoms with Gasteiger partial charge in [-0.2, -0.15) is 0 Å². The van der Waals surface area contributed by atoms with Gasteiger partial charge in [-0.15, -0.1) is 0 Å². The second-order valence-corrected chi connectivity index (χ2v) is 6.86. The zero-order chi connectivity index (χ0) is 21.3. The Hall–Kier alpha value is -3.33. The minimum atomic E-state index is -0.784. The lowest BCUT2D eigenvalue weighted by Gasteiger charge is -2.31. The van der Waals surface area contributed by atoms with Crippen LogP contribution in [0.1, 0.15) is 17.3 Å². The van der Waals surface area contributed by atoms with E-state index in [1.165, 1.54) is 18.3 Å². The lowest BCUT2D eigenvalue weighted by atomic mass is 10.0.